The van der Waals surface area contributed by atoms with Gasteiger partial charge in [0.2, 0.25) is 0 Å². The Labute approximate surface area is 293 Å². The minimum absolute atomic E-state index is 0.00207. The molecule has 1 aromatic heterocycles. The summed E-state index contributed by atoms with van der Waals surface area (Å²) in [5, 5.41) is 12.7. The molecule has 51 heavy (non-hydrogen) atoms. The zero-order chi connectivity index (χ0) is 37.5. The maximum atomic E-state index is 14.1. The minimum Gasteiger partial charge on any atom is -0.465 e. The molecule has 1 N–H and O–H groups in total. The Hall–Kier alpha value is -4.89. The van der Waals surface area contributed by atoms with Crippen LogP contribution in [0.25, 0.3) is 0 Å². The van der Waals surface area contributed by atoms with Crippen LogP contribution < -0.4 is 0 Å². The summed E-state index contributed by atoms with van der Waals surface area (Å²) < 4.78 is 42.7. The Kier molecular flexibility index (Phi) is 10.0. The summed E-state index contributed by atoms with van der Waals surface area (Å²) in [6, 6.07) is 10.7. The quantitative estimate of drug-likeness (QED) is 0.294. The molecule has 1 aromatic carbocycles. The van der Waals surface area contributed by atoms with Gasteiger partial charge in [-0.05, 0) is 45.0 Å². The number of carbonyl (C=O) groups excluding carboxylic acids is 6. The first kappa shape index (κ1) is 37.4. The van der Waals surface area contributed by atoms with E-state index >= 15 is 0 Å². The summed E-state index contributed by atoms with van der Waals surface area (Å²) in [5.41, 5.74) is -8.18. The number of aliphatic hydroxyl groups is 1. The predicted octanol–water partition coefficient (Wildman–Crippen LogP) is 2.51. The second-order valence-corrected chi connectivity index (χ2v) is 13.8. The highest BCUT2D eigenvalue weighted by molar-refractivity contribution is 5.90. The normalized spacial score (nSPS) is 33.1. The van der Waals surface area contributed by atoms with E-state index in [2.05, 4.69) is 4.98 Å². The first-order valence-corrected chi connectivity index (χ1v) is 16.3. The molecule has 3 aliphatic rings. The number of rotatable bonds is 9. The van der Waals surface area contributed by atoms with E-state index in [0.29, 0.717) is 0 Å². The first-order valence-electron chi connectivity index (χ1n) is 16.3. The smallest absolute Gasteiger partial charge is 0.340 e. The molecule has 9 atom stereocenters. The van der Waals surface area contributed by atoms with Gasteiger partial charge in [-0.15, -0.1) is 0 Å². The van der Waals surface area contributed by atoms with Gasteiger partial charge in [0, 0.05) is 46.5 Å². The number of ether oxygens (including phenoxy) is 7. The van der Waals surface area contributed by atoms with E-state index in [1.54, 1.807) is 32.0 Å². The van der Waals surface area contributed by atoms with E-state index in [1.165, 1.54) is 43.6 Å². The van der Waals surface area contributed by atoms with E-state index in [9.17, 15) is 33.9 Å². The third-order valence-electron chi connectivity index (χ3n) is 9.85. The lowest BCUT2D eigenvalue weighted by atomic mass is 9.45. The van der Waals surface area contributed by atoms with Crippen molar-refractivity contribution in [2.24, 2.45) is 11.3 Å². The predicted molar refractivity (Wildman–Crippen MR) is 171 cm³/mol. The number of hydrogen-bond donors (Lipinski definition) is 1. The van der Waals surface area contributed by atoms with Gasteiger partial charge >= 0.3 is 35.8 Å². The number of aromatic nitrogens is 1. The van der Waals surface area contributed by atoms with Crippen LogP contribution in [0, 0.1) is 11.3 Å². The van der Waals surface area contributed by atoms with Crippen LogP contribution in [0.5, 0.6) is 0 Å². The molecule has 0 amide bonds. The molecule has 0 radical (unpaired) electrons. The number of fused-ring (bicyclic) bond motifs is 1. The molecule has 15 nitrogen and oxygen atoms in total. The highest BCUT2D eigenvalue weighted by Crippen LogP contribution is 2.69. The Morgan fingerprint density at radius 2 is 1.33 bits per heavy atom. The molecular weight excluding hydrogens is 670 g/mol. The van der Waals surface area contributed by atoms with Gasteiger partial charge in [-0.1, -0.05) is 18.2 Å². The fourth-order valence-corrected chi connectivity index (χ4v) is 8.30. The van der Waals surface area contributed by atoms with Gasteiger partial charge in [0.15, 0.2) is 17.8 Å². The lowest BCUT2D eigenvalue weighted by Crippen LogP contribution is -2.85. The number of pyridine rings is 1. The zero-order valence-electron chi connectivity index (χ0n) is 29.3. The summed E-state index contributed by atoms with van der Waals surface area (Å²) >= 11 is 0. The van der Waals surface area contributed by atoms with Crippen molar-refractivity contribution in [3.8, 4) is 0 Å². The first-order chi connectivity index (χ1) is 23.9. The van der Waals surface area contributed by atoms with Crippen molar-refractivity contribution in [2.75, 3.05) is 6.61 Å². The average Bonchev–Trinajstić information content (AvgIpc) is 3.24. The van der Waals surface area contributed by atoms with Crippen LogP contribution in [0.1, 0.15) is 75.6 Å². The van der Waals surface area contributed by atoms with Crippen molar-refractivity contribution in [3.63, 3.8) is 0 Å². The number of carbonyl (C=O) groups is 6. The van der Waals surface area contributed by atoms with Crippen LogP contribution >= 0.6 is 0 Å². The molecule has 2 aliphatic carbocycles. The summed E-state index contributed by atoms with van der Waals surface area (Å²) in [6.45, 7) is 8.07. The molecule has 2 saturated carbocycles. The molecular formula is C36H41NO14. The van der Waals surface area contributed by atoms with Crippen LogP contribution in [0.3, 0.4) is 0 Å². The van der Waals surface area contributed by atoms with Crippen molar-refractivity contribution in [1.29, 1.82) is 0 Å². The van der Waals surface area contributed by atoms with Crippen LogP contribution in [-0.2, 0) is 52.3 Å². The molecule has 1 saturated heterocycles. The Morgan fingerprint density at radius 3 is 1.90 bits per heavy atom. The van der Waals surface area contributed by atoms with Gasteiger partial charge in [0.25, 0.3) is 0 Å². The van der Waals surface area contributed by atoms with Crippen molar-refractivity contribution in [1.82, 2.24) is 4.98 Å². The van der Waals surface area contributed by atoms with Crippen molar-refractivity contribution >= 4 is 35.8 Å². The lowest BCUT2D eigenvalue weighted by molar-refractivity contribution is -0.362. The van der Waals surface area contributed by atoms with Gasteiger partial charge in [0.1, 0.15) is 30.3 Å². The Bertz CT molecular complexity index is 1690. The SMILES string of the molecule is CC(=O)OC[C@]12[C@H](OC(=O)c3ccccc3)[C@H](OC(=O)c3cccnc3)[C@@H]3[C@@H](OC(C)=O)[C@]1(OC3(C)C)[C@@](C)(O)C[C@H](OC(C)=O)[C@@H]2OC(C)=O. The molecule has 15 heteroatoms. The number of esters is 6. The molecule has 2 heterocycles. The van der Waals surface area contributed by atoms with Crippen molar-refractivity contribution < 1.29 is 67.0 Å². The molecule has 2 aromatic rings. The van der Waals surface area contributed by atoms with Crippen LogP contribution in [0.2, 0.25) is 0 Å². The summed E-state index contributed by atoms with van der Waals surface area (Å²) in [7, 11) is 0. The van der Waals surface area contributed by atoms with E-state index < -0.39 is 107 Å². The standard InChI is InChI=1S/C36H41NO14/c1-19(38)45-18-35-28(47-21(3)40)25(46-20(2)39)16-34(7,44)36(35)29(48-22(4)41)26(33(5,6)51-36)27(49-32(43)24-14-11-15-37-17-24)30(35)50-31(42)23-12-9-8-10-13-23/h8-15,17,25-30,44H,16,18H2,1-7H3/t25-,26+,27+,28-,29+,30+,34-,35-,36-/m0/s1. The number of nitrogens with zero attached hydrogens (tertiary/aromatic N) is 1. The maximum Gasteiger partial charge on any atom is 0.340 e. The fourth-order valence-electron chi connectivity index (χ4n) is 8.30. The average molecular weight is 712 g/mol. The maximum absolute atomic E-state index is 14.1. The number of benzene rings is 1. The third-order valence-corrected chi connectivity index (χ3v) is 9.85. The van der Waals surface area contributed by atoms with Crippen LogP contribution in [-0.4, -0.2) is 99.8 Å². The molecule has 0 unspecified atom stereocenters. The highest BCUT2D eigenvalue weighted by atomic mass is 16.7. The molecule has 2 bridgehead atoms. The number of hydrogen-bond acceptors (Lipinski definition) is 15. The minimum atomic E-state index is -2.32. The second-order valence-electron chi connectivity index (χ2n) is 13.8. The third kappa shape index (κ3) is 6.44. The second kappa shape index (κ2) is 13.7. The van der Waals surface area contributed by atoms with Crippen LogP contribution in [0.15, 0.2) is 54.9 Å². The summed E-state index contributed by atoms with van der Waals surface area (Å²) in [6.07, 6.45) is -5.95. The largest absolute Gasteiger partial charge is 0.465 e. The van der Waals surface area contributed by atoms with Crippen molar-refractivity contribution in [2.45, 2.75) is 102 Å². The van der Waals surface area contributed by atoms with Gasteiger partial charge < -0.3 is 38.3 Å². The highest BCUT2D eigenvalue weighted by Gasteiger charge is 2.89. The summed E-state index contributed by atoms with van der Waals surface area (Å²) in [4.78, 5) is 83.2. The van der Waals surface area contributed by atoms with Crippen molar-refractivity contribution in [3.05, 3.63) is 66.0 Å². The van der Waals surface area contributed by atoms with E-state index in [0.717, 1.165) is 27.7 Å². The van der Waals surface area contributed by atoms with E-state index in [-0.39, 0.29) is 11.1 Å². The van der Waals surface area contributed by atoms with E-state index in [4.69, 9.17) is 33.2 Å². The molecule has 274 valence electrons. The van der Waals surface area contributed by atoms with Gasteiger partial charge in [-0.3, -0.25) is 24.2 Å². The Balaban J connectivity index is 1.90. The Morgan fingerprint density at radius 1 is 0.745 bits per heavy atom. The molecule has 3 fully saturated rings. The molecule has 5 rings (SSSR count). The topological polar surface area (TPSA) is 200 Å². The van der Waals surface area contributed by atoms with Gasteiger partial charge in [0.05, 0.1) is 28.2 Å². The van der Waals surface area contributed by atoms with Gasteiger partial charge in [-0.2, -0.15) is 0 Å². The zero-order valence-corrected chi connectivity index (χ0v) is 29.3. The van der Waals surface area contributed by atoms with Crippen LogP contribution in [0.4, 0.5) is 0 Å². The summed E-state index contributed by atoms with van der Waals surface area (Å²) in [5.74, 6) is -6.48. The monoisotopic (exact) mass is 711 g/mol. The van der Waals surface area contributed by atoms with Gasteiger partial charge in [-0.25, -0.2) is 9.59 Å². The molecule has 1 spiro atoms. The lowest BCUT2D eigenvalue weighted by Gasteiger charge is -2.66. The molecule has 1 aliphatic heterocycles. The van der Waals surface area contributed by atoms with E-state index in [1.807, 2.05) is 0 Å². The fraction of sp³-hybridized carbons (Fsp3) is 0.528.